The lowest BCUT2D eigenvalue weighted by Gasteiger charge is -2.05. The van der Waals surface area contributed by atoms with Gasteiger partial charge in [0.25, 0.3) is 0 Å². The van der Waals surface area contributed by atoms with Crippen molar-refractivity contribution in [2.75, 3.05) is 0 Å². The van der Waals surface area contributed by atoms with Crippen molar-refractivity contribution >= 4 is 54.4 Å². The molecule has 0 aliphatic carbocycles. The number of nitrogens with one attached hydrogen (secondary N) is 2. The van der Waals surface area contributed by atoms with Crippen LogP contribution in [0.3, 0.4) is 0 Å². The van der Waals surface area contributed by atoms with Crippen molar-refractivity contribution < 1.29 is 0 Å². The van der Waals surface area contributed by atoms with Gasteiger partial charge in [-0.2, -0.15) is 0 Å². The molecule has 2 aromatic carbocycles. The fourth-order valence-electron chi connectivity index (χ4n) is 5.34. The maximum Gasteiger partial charge on any atom is 0.129 e. The van der Waals surface area contributed by atoms with E-state index in [0.717, 1.165) is 72.7 Å². The first kappa shape index (κ1) is 25.8. The van der Waals surface area contributed by atoms with E-state index in [1.807, 2.05) is 12.1 Å². The summed E-state index contributed by atoms with van der Waals surface area (Å²) in [5.74, 6) is 3.55. The molecule has 5 aromatic rings. The zero-order valence-corrected chi connectivity index (χ0v) is 24.9. The number of nitrogens with zero attached hydrogens (tertiary/aromatic N) is 2. The summed E-state index contributed by atoms with van der Waals surface area (Å²) in [7, 11) is -1.66. The van der Waals surface area contributed by atoms with Crippen molar-refractivity contribution in [3.63, 3.8) is 0 Å². The van der Waals surface area contributed by atoms with E-state index in [-0.39, 0.29) is 0 Å². The molecular weight excluding hydrogens is 529 g/mol. The lowest BCUT2D eigenvalue weighted by Crippen LogP contribution is -2.16. The second-order valence-corrected chi connectivity index (χ2v) is 16.3. The van der Waals surface area contributed by atoms with E-state index >= 15 is 0 Å². The zero-order chi connectivity index (χ0) is 28.7. The van der Waals surface area contributed by atoms with Gasteiger partial charge in [-0.1, -0.05) is 86.2 Å². The highest BCUT2D eigenvalue weighted by molar-refractivity contribution is 6.83. The smallest absolute Gasteiger partial charge is 0.129 e. The van der Waals surface area contributed by atoms with Gasteiger partial charge in [0, 0.05) is 27.7 Å². The van der Waals surface area contributed by atoms with E-state index in [0.29, 0.717) is 0 Å². The van der Waals surface area contributed by atoms with Crippen molar-refractivity contribution in [2.24, 2.45) is 0 Å². The Balaban J connectivity index is 1.64. The van der Waals surface area contributed by atoms with E-state index in [9.17, 15) is 0 Å². The van der Waals surface area contributed by atoms with Gasteiger partial charge < -0.3 is 9.97 Å². The molecule has 0 fully saturated rings. The highest BCUT2D eigenvalue weighted by Gasteiger charge is 2.16. The summed E-state index contributed by atoms with van der Waals surface area (Å²) in [6.45, 7) is 6.80. The Morgan fingerprint density at radius 2 is 1.14 bits per heavy atom. The summed E-state index contributed by atoms with van der Waals surface area (Å²) < 4.78 is 0. The summed E-state index contributed by atoms with van der Waals surface area (Å²) in [4.78, 5) is 17.6. The first-order valence-corrected chi connectivity index (χ1v) is 17.7. The van der Waals surface area contributed by atoms with Gasteiger partial charge in [-0.05, 0) is 65.8 Å². The number of fused-ring (bicyclic) bond motifs is 8. The molecular formula is C37H30N4Si. The van der Waals surface area contributed by atoms with Crippen LogP contribution in [0.25, 0.3) is 68.6 Å². The molecule has 202 valence electrons. The fraction of sp³-hybridized carbons (Fsp3) is 0.0811. The van der Waals surface area contributed by atoms with E-state index < -0.39 is 8.07 Å². The lowest BCUT2D eigenvalue weighted by atomic mass is 10.0. The van der Waals surface area contributed by atoms with Crippen LogP contribution in [0, 0.1) is 11.5 Å². The van der Waals surface area contributed by atoms with Gasteiger partial charge in [0.1, 0.15) is 8.07 Å². The average molecular weight is 559 g/mol. The van der Waals surface area contributed by atoms with Crippen LogP contribution in [0.4, 0.5) is 0 Å². The van der Waals surface area contributed by atoms with Crippen LogP contribution in [-0.4, -0.2) is 28.0 Å². The molecule has 0 saturated carbocycles. The van der Waals surface area contributed by atoms with E-state index in [2.05, 4.69) is 144 Å². The Bertz CT molecular complexity index is 2080. The quantitative estimate of drug-likeness (QED) is 0.164. The fourth-order valence-corrected chi connectivity index (χ4v) is 5.84. The van der Waals surface area contributed by atoms with Crippen LogP contribution in [0.1, 0.15) is 28.3 Å². The molecule has 0 saturated heterocycles. The molecule has 3 aromatic heterocycles. The summed E-state index contributed by atoms with van der Waals surface area (Å²) >= 11 is 0. The highest BCUT2D eigenvalue weighted by atomic mass is 28.3. The molecule has 7 rings (SSSR count). The molecule has 2 aliphatic heterocycles. The van der Waals surface area contributed by atoms with Gasteiger partial charge in [0.15, 0.2) is 0 Å². The molecule has 5 heteroatoms. The van der Waals surface area contributed by atoms with Crippen molar-refractivity contribution in [2.45, 2.75) is 19.6 Å². The molecule has 4 nitrogen and oxygen atoms in total. The minimum Gasteiger partial charge on any atom is -0.355 e. The SMILES string of the molecule is C[Si](C)(C)C#Cc1c2nc(c(-c3ccccc3)c3ccc(cc4nc(c(-c5ccccc5)c5ccc1[nH]5)C=C4)[nH]3)C=C2. The molecule has 0 unspecified atom stereocenters. The van der Waals surface area contributed by atoms with Crippen LogP contribution >= 0.6 is 0 Å². The van der Waals surface area contributed by atoms with Crippen LogP contribution in [0.5, 0.6) is 0 Å². The predicted molar refractivity (Wildman–Crippen MR) is 180 cm³/mol. The summed E-state index contributed by atoms with van der Waals surface area (Å²) in [5, 5.41) is 0. The minimum absolute atomic E-state index is 0.859. The minimum atomic E-state index is -1.66. The Morgan fingerprint density at radius 1 is 0.571 bits per heavy atom. The Hall–Kier alpha value is -5.18. The van der Waals surface area contributed by atoms with E-state index in [1.165, 1.54) is 0 Å². The summed E-state index contributed by atoms with van der Waals surface area (Å²) in [6.07, 6.45) is 8.36. The maximum absolute atomic E-state index is 5.21. The monoisotopic (exact) mass is 558 g/mol. The van der Waals surface area contributed by atoms with Crippen molar-refractivity contribution in [3.05, 3.63) is 119 Å². The highest BCUT2D eigenvalue weighted by Crippen LogP contribution is 2.33. The molecule has 0 spiro atoms. The Labute approximate surface area is 246 Å². The molecule has 2 N–H and O–H groups in total. The first-order valence-electron chi connectivity index (χ1n) is 14.2. The standard InChI is InChI=1S/C37H30N4Si/c1-42(2,3)23-22-29-30-18-20-34(40-30)36(25-10-6-4-7-11-25)32-16-14-27(38-32)24-28-15-17-33(39-28)37(26-12-8-5-9-13-26)35-21-19-31(29)41-35/h4-21,24,38,41H,1-3H3. The average Bonchev–Trinajstić information content (AvgIpc) is 3.80. The van der Waals surface area contributed by atoms with Gasteiger partial charge in [-0.25, -0.2) is 9.97 Å². The molecule has 8 bridgehead atoms. The van der Waals surface area contributed by atoms with Gasteiger partial charge in [0.2, 0.25) is 0 Å². The number of benzene rings is 2. The van der Waals surface area contributed by atoms with E-state index in [1.54, 1.807) is 0 Å². The van der Waals surface area contributed by atoms with Crippen molar-refractivity contribution in [3.8, 4) is 33.7 Å². The second-order valence-electron chi connectivity index (χ2n) is 11.6. The number of aromatic nitrogens is 4. The van der Waals surface area contributed by atoms with E-state index in [4.69, 9.17) is 9.97 Å². The zero-order valence-electron chi connectivity index (χ0n) is 23.9. The van der Waals surface area contributed by atoms with Crippen LogP contribution in [0.15, 0.2) is 91.0 Å². The Morgan fingerprint density at radius 3 is 1.83 bits per heavy atom. The first-order chi connectivity index (χ1) is 20.4. The largest absolute Gasteiger partial charge is 0.355 e. The third-order valence-corrected chi connectivity index (χ3v) is 8.14. The molecule has 0 amide bonds. The van der Waals surface area contributed by atoms with Crippen LogP contribution < -0.4 is 0 Å². The van der Waals surface area contributed by atoms with Crippen LogP contribution in [-0.2, 0) is 0 Å². The number of rotatable bonds is 2. The molecule has 0 atom stereocenters. The number of hydrogen-bond acceptors (Lipinski definition) is 2. The van der Waals surface area contributed by atoms with Gasteiger partial charge >= 0.3 is 0 Å². The summed E-state index contributed by atoms with van der Waals surface area (Å²) in [6, 6.07) is 31.4. The normalized spacial score (nSPS) is 12.3. The number of aromatic amines is 2. The number of hydrogen-bond donors (Lipinski definition) is 2. The lowest BCUT2D eigenvalue weighted by molar-refractivity contribution is 1.30. The van der Waals surface area contributed by atoms with Gasteiger partial charge in [-0.15, -0.1) is 5.54 Å². The summed E-state index contributed by atoms with van der Waals surface area (Å²) in [5.41, 5.74) is 16.3. The third-order valence-electron chi connectivity index (χ3n) is 7.26. The second kappa shape index (κ2) is 10.3. The molecule has 42 heavy (non-hydrogen) atoms. The molecule has 5 heterocycles. The van der Waals surface area contributed by atoms with Gasteiger partial charge in [0.05, 0.1) is 33.9 Å². The topological polar surface area (TPSA) is 57.4 Å². The van der Waals surface area contributed by atoms with Gasteiger partial charge in [-0.3, -0.25) is 0 Å². The molecule has 2 aliphatic rings. The third kappa shape index (κ3) is 5.05. The maximum atomic E-state index is 5.21. The number of H-pyrrole nitrogens is 2. The molecule has 0 radical (unpaired) electrons. The van der Waals surface area contributed by atoms with Crippen molar-refractivity contribution in [1.29, 1.82) is 0 Å². The Kier molecular flexibility index (Phi) is 6.34. The van der Waals surface area contributed by atoms with Crippen LogP contribution in [0.2, 0.25) is 19.6 Å². The van der Waals surface area contributed by atoms with Crippen molar-refractivity contribution in [1.82, 2.24) is 19.9 Å². The predicted octanol–water partition coefficient (Wildman–Crippen LogP) is 9.22.